The van der Waals surface area contributed by atoms with Crippen LogP contribution in [0.4, 0.5) is 10.1 Å². The number of carbonyl (C=O) groups is 2. The summed E-state index contributed by atoms with van der Waals surface area (Å²) in [5.41, 5.74) is 2.52. The van der Waals surface area contributed by atoms with Gasteiger partial charge in [0.05, 0.1) is 6.04 Å². The third-order valence-electron chi connectivity index (χ3n) is 6.18. The highest BCUT2D eigenvalue weighted by Gasteiger charge is 2.49. The summed E-state index contributed by atoms with van der Waals surface area (Å²) in [7, 11) is 3.93. The molecular formula is C23H26FN3O2. The number of halogens is 1. The van der Waals surface area contributed by atoms with Gasteiger partial charge in [0.25, 0.3) is 5.91 Å². The molecule has 2 saturated heterocycles. The highest BCUT2D eigenvalue weighted by Crippen LogP contribution is 2.45. The summed E-state index contributed by atoms with van der Waals surface area (Å²) < 4.78 is 13.8. The van der Waals surface area contributed by atoms with Gasteiger partial charge in [-0.15, -0.1) is 0 Å². The topological polar surface area (TPSA) is 43.9 Å². The lowest BCUT2D eigenvalue weighted by molar-refractivity contribution is -0.130. The third-order valence-corrected chi connectivity index (χ3v) is 6.18. The molecule has 0 aromatic heterocycles. The smallest absolute Gasteiger partial charge is 0.253 e. The quantitative estimate of drug-likeness (QED) is 0.802. The number of hydrogen-bond acceptors (Lipinski definition) is 3. The van der Waals surface area contributed by atoms with Crippen LogP contribution in [0.5, 0.6) is 0 Å². The minimum atomic E-state index is -0.304. The molecule has 0 radical (unpaired) electrons. The second-order valence-electron chi connectivity index (χ2n) is 8.25. The molecule has 29 heavy (non-hydrogen) atoms. The van der Waals surface area contributed by atoms with Gasteiger partial charge in [-0.05, 0) is 42.0 Å². The Bertz CT molecular complexity index is 928. The van der Waals surface area contributed by atoms with Gasteiger partial charge in [-0.1, -0.05) is 12.1 Å². The fourth-order valence-corrected chi connectivity index (χ4v) is 4.74. The van der Waals surface area contributed by atoms with Crippen LogP contribution in [-0.4, -0.2) is 55.3 Å². The Morgan fingerprint density at radius 2 is 1.76 bits per heavy atom. The van der Waals surface area contributed by atoms with E-state index in [0.29, 0.717) is 25.2 Å². The van der Waals surface area contributed by atoms with Crippen molar-refractivity contribution < 1.29 is 14.0 Å². The Morgan fingerprint density at radius 3 is 2.38 bits per heavy atom. The standard InChI is InChI=1S/C23H26FN3O2/c1-15(28)27-13-18-12-26(23(29)16-7-9-20(10-8-16)25(2)3)14-21(18)22(27)17-5-4-6-19(24)11-17/h4-11,18,21-22H,12-14H2,1-3H3/t18-,21-,22-/m1/s1. The minimum absolute atomic E-state index is 0.00851. The number of likely N-dealkylation sites (tertiary alicyclic amines) is 2. The molecule has 5 nitrogen and oxygen atoms in total. The minimum Gasteiger partial charge on any atom is -0.378 e. The number of benzene rings is 2. The van der Waals surface area contributed by atoms with Crippen molar-refractivity contribution in [1.82, 2.24) is 9.80 Å². The first-order valence-electron chi connectivity index (χ1n) is 9.94. The molecule has 0 spiro atoms. The van der Waals surface area contributed by atoms with E-state index in [1.165, 1.54) is 12.1 Å². The van der Waals surface area contributed by atoms with Crippen molar-refractivity contribution in [3.8, 4) is 0 Å². The first-order chi connectivity index (χ1) is 13.8. The van der Waals surface area contributed by atoms with Gasteiger partial charge in [0.2, 0.25) is 5.91 Å². The summed E-state index contributed by atoms with van der Waals surface area (Å²) in [5, 5.41) is 0. The Hall–Kier alpha value is -2.89. The summed E-state index contributed by atoms with van der Waals surface area (Å²) in [5.74, 6) is 0.0205. The Morgan fingerprint density at radius 1 is 1.03 bits per heavy atom. The molecule has 0 N–H and O–H groups in total. The van der Waals surface area contributed by atoms with Crippen LogP contribution in [-0.2, 0) is 4.79 Å². The molecule has 0 unspecified atom stereocenters. The summed E-state index contributed by atoms with van der Waals surface area (Å²) in [4.78, 5) is 31.0. The molecule has 6 heteroatoms. The molecule has 0 saturated carbocycles. The molecule has 2 aliphatic rings. The van der Waals surface area contributed by atoms with Crippen molar-refractivity contribution in [2.75, 3.05) is 38.6 Å². The van der Waals surface area contributed by atoms with Crippen molar-refractivity contribution in [2.24, 2.45) is 11.8 Å². The summed E-state index contributed by atoms with van der Waals surface area (Å²) >= 11 is 0. The number of amides is 2. The zero-order chi connectivity index (χ0) is 20.7. The van der Waals surface area contributed by atoms with Crippen LogP contribution >= 0.6 is 0 Å². The van der Waals surface area contributed by atoms with Crippen molar-refractivity contribution in [1.29, 1.82) is 0 Å². The number of rotatable bonds is 3. The number of fused-ring (bicyclic) bond motifs is 1. The van der Waals surface area contributed by atoms with Crippen LogP contribution in [0, 0.1) is 17.7 Å². The van der Waals surface area contributed by atoms with Crippen LogP contribution in [0.3, 0.4) is 0 Å². The fraction of sp³-hybridized carbons (Fsp3) is 0.391. The van der Waals surface area contributed by atoms with E-state index in [0.717, 1.165) is 11.3 Å². The lowest BCUT2D eigenvalue weighted by atomic mass is 9.89. The summed E-state index contributed by atoms with van der Waals surface area (Å²) in [6.45, 7) is 3.35. The van der Waals surface area contributed by atoms with Gasteiger partial charge in [0, 0.05) is 63.7 Å². The van der Waals surface area contributed by atoms with Crippen LogP contribution < -0.4 is 4.90 Å². The lowest BCUT2D eigenvalue weighted by Crippen LogP contribution is -2.36. The largest absolute Gasteiger partial charge is 0.378 e. The molecule has 152 valence electrons. The van der Waals surface area contributed by atoms with E-state index >= 15 is 0 Å². The van der Waals surface area contributed by atoms with E-state index < -0.39 is 0 Å². The zero-order valence-electron chi connectivity index (χ0n) is 17.0. The first kappa shape index (κ1) is 19.4. The molecular weight excluding hydrogens is 369 g/mol. The molecule has 3 atom stereocenters. The second-order valence-corrected chi connectivity index (χ2v) is 8.25. The van der Waals surface area contributed by atoms with Gasteiger partial charge in [0.1, 0.15) is 5.82 Å². The lowest BCUT2D eigenvalue weighted by Gasteiger charge is -2.29. The van der Waals surface area contributed by atoms with Crippen molar-refractivity contribution >= 4 is 17.5 Å². The number of carbonyl (C=O) groups excluding carboxylic acids is 2. The first-order valence-corrected chi connectivity index (χ1v) is 9.94. The van der Waals surface area contributed by atoms with Gasteiger partial charge in [0.15, 0.2) is 0 Å². The molecule has 0 aliphatic carbocycles. The molecule has 2 aromatic rings. The van der Waals surface area contributed by atoms with Crippen molar-refractivity contribution in [3.63, 3.8) is 0 Å². The van der Waals surface area contributed by atoms with Crippen LogP contribution in [0.1, 0.15) is 28.9 Å². The van der Waals surface area contributed by atoms with Crippen LogP contribution in [0.2, 0.25) is 0 Å². The number of nitrogens with zero attached hydrogens (tertiary/aromatic N) is 3. The van der Waals surface area contributed by atoms with Crippen LogP contribution in [0.25, 0.3) is 0 Å². The zero-order valence-corrected chi connectivity index (χ0v) is 17.0. The highest BCUT2D eigenvalue weighted by molar-refractivity contribution is 5.94. The van der Waals surface area contributed by atoms with Crippen molar-refractivity contribution in [3.05, 3.63) is 65.5 Å². The average Bonchev–Trinajstić information content (AvgIpc) is 3.25. The monoisotopic (exact) mass is 395 g/mol. The third kappa shape index (κ3) is 3.59. The maximum Gasteiger partial charge on any atom is 0.253 e. The van der Waals surface area contributed by atoms with E-state index in [9.17, 15) is 14.0 Å². The van der Waals surface area contributed by atoms with Gasteiger partial charge >= 0.3 is 0 Å². The van der Waals surface area contributed by atoms with Gasteiger partial charge in [-0.2, -0.15) is 0 Å². The maximum absolute atomic E-state index is 13.8. The molecule has 2 amide bonds. The average molecular weight is 395 g/mol. The predicted molar refractivity (Wildman–Crippen MR) is 110 cm³/mol. The van der Waals surface area contributed by atoms with Gasteiger partial charge in [-0.25, -0.2) is 4.39 Å². The predicted octanol–water partition coefficient (Wildman–Crippen LogP) is 3.18. The van der Waals surface area contributed by atoms with Crippen molar-refractivity contribution in [2.45, 2.75) is 13.0 Å². The molecule has 4 rings (SSSR count). The second kappa shape index (κ2) is 7.50. The Balaban J connectivity index is 1.56. The summed E-state index contributed by atoms with van der Waals surface area (Å²) in [6, 6.07) is 13.9. The van der Waals surface area contributed by atoms with Crippen LogP contribution in [0.15, 0.2) is 48.5 Å². The maximum atomic E-state index is 13.8. The molecule has 2 aliphatic heterocycles. The fourth-order valence-electron chi connectivity index (χ4n) is 4.74. The normalized spacial score (nSPS) is 23.2. The van der Waals surface area contributed by atoms with E-state index in [1.807, 2.05) is 59.1 Å². The highest BCUT2D eigenvalue weighted by atomic mass is 19.1. The molecule has 2 aromatic carbocycles. The van der Waals surface area contributed by atoms with Gasteiger partial charge in [-0.3, -0.25) is 9.59 Å². The Labute approximate surface area is 170 Å². The summed E-state index contributed by atoms with van der Waals surface area (Å²) in [6.07, 6.45) is 0. The van der Waals surface area contributed by atoms with E-state index in [-0.39, 0.29) is 35.5 Å². The molecule has 2 fully saturated rings. The molecule has 0 bridgehead atoms. The van der Waals surface area contributed by atoms with Gasteiger partial charge < -0.3 is 14.7 Å². The number of anilines is 1. The SMILES string of the molecule is CC(=O)N1C[C@H]2CN(C(=O)c3ccc(N(C)C)cc3)C[C@H]2[C@H]1c1cccc(F)c1. The van der Waals surface area contributed by atoms with E-state index in [2.05, 4.69) is 0 Å². The number of hydrogen-bond donors (Lipinski definition) is 0. The van der Waals surface area contributed by atoms with E-state index in [4.69, 9.17) is 0 Å². The van der Waals surface area contributed by atoms with E-state index in [1.54, 1.807) is 13.0 Å². The molecule has 2 heterocycles. The Kier molecular flexibility index (Phi) is 5.03.